The molecule has 0 fully saturated rings. The number of hydrogen-bond donors (Lipinski definition) is 2. The van der Waals surface area contributed by atoms with E-state index in [1.54, 1.807) is 6.92 Å². The predicted molar refractivity (Wildman–Crippen MR) is 50.3 cm³/mol. The topological polar surface area (TPSA) is 110 Å². The minimum Gasteiger partial charge on any atom is -0.481 e. The minimum absolute atomic E-state index is 0.0427. The van der Waals surface area contributed by atoms with Gasteiger partial charge in [-0.2, -0.15) is 0 Å². The Kier molecular flexibility index (Phi) is 3.87. The van der Waals surface area contributed by atoms with Crippen molar-refractivity contribution in [3.8, 4) is 5.88 Å². The maximum Gasteiger partial charge on any atom is 0.341 e. The molecule has 0 radical (unpaired) electrons. The second kappa shape index (κ2) is 5.15. The van der Waals surface area contributed by atoms with Gasteiger partial charge in [-0.05, 0) is 18.5 Å². The van der Waals surface area contributed by atoms with Crippen molar-refractivity contribution in [1.29, 1.82) is 0 Å². The van der Waals surface area contributed by atoms with Crippen molar-refractivity contribution in [3.63, 3.8) is 0 Å². The number of carbonyl (C=O) groups is 2. The van der Waals surface area contributed by atoms with Crippen LogP contribution in [0, 0.1) is 6.92 Å². The summed E-state index contributed by atoms with van der Waals surface area (Å²) in [6.45, 7) is 1.07. The average molecular weight is 229 g/mol. The number of aryl methyl sites for hydroxylation is 1. The Balaban J connectivity index is 2.69. The Morgan fingerprint density at radius 3 is 2.62 bits per heavy atom. The monoisotopic (exact) mass is 229 g/mol. The van der Waals surface area contributed by atoms with Crippen LogP contribution in [0.2, 0.25) is 0 Å². The zero-order valence-electron chi connectivity index (χ0n) is 8.60. The fourth-order valence-corrected chi connectivity index (χ4v) is 1.13. The van der Waals surface area contributed by atoms with Crippen LogP contribution in [-0.2, 0) is 16.0 Å². The van der Waals surface area contributed by atoms with Gasteiger partial charge in [-0.3, -0.25) is 4.79 Å². The quantitative estimate of drug-likeness (QED) is 0.729. The van der Waals surface area contributed by atoms with Crippen LogP contribution in [0.5, 0.6) is 5.88 Å². The first kappa shape index (κ1) is 12.0. The normalized spacial score (nSPS) is 10.1. The lowest BCUT2D eigenvalue weighted by molar-refractivity contribution is -0.139. The van der Waals surface area contributed by atoms with Crippen LogP contribution >= 0.6 is 0 Å². The molecule has 0 atom stereocenters. The van der Waals surface area contributed by atoms with Gasteiger partial charge >= 0.3 is 11.9 Å². The number of aromatic nitrogens is 1. The highest BCUT2D eigenvalue weighted by atomic mass is 16.5. The Morgan fingerprint density at radius 2 is 2.06 bits per heavy atom. The molecule has 0 saturated carbocycles. The summed E-state index contributed by atoms with van der Waals surface area (Å²) in [4.78, 5) is 20.7. The van der Waals surface area contributed by atoms with Crippen molar-refractivity contribution in [2.75, 3.05) is 6.61 Å². The number of aliphatic carboxylic acids is 2. The zero-order valence-corrected chi connectivity index (χ0v) is 8.60. The van der Waals surface area contributed by atoms with Crippen LogP contribution in [-0.4, -0.2) is 33.9 Å². The van der Waals surface area contributed by atoms with Gasteiger partial charge < -0.3 is 19.5 Å². The van der Waals surface area contributed by atoms with Gasteiger partial charge in [0.15, 0.2) is 6.61 Å². The predicted octanol–water partition coefficient (Wildman–Crippen LogP) is 0.464. The van der Waals surface area contributed by atoms with Crippen LogP contribution in [0.25, 0.3) is 0 Å². The third kappa shape index (κ3) is 3.26. The first-order valence-corrected chi connectivity index (χ1v) is 4.52. The molecule has 88 valence electrons. The average Bonchev–Trinajstić information content (AvgIpc) is 2.53. The molecule has 0 aliphatic heterocycles. The lowest BCUT2D eigenvalue weighted by Gasteiger charge is -2.01. The van der Waals surface area contributed by atoms with Gasteiger partial charge in [0.25, 0.3) is 5.88 Å². The highest BCUT2D eigenvalue weighted by Crippen LogP contribution is 2.22. The molecule has 0 aromatic carbocycles. The Hall–Kier alpha value is -2.05. The van der Waals surface area contributed by atoms with Gasteiger partial charge in [-0.1, -0.05) is 0 Å². The number of rotatable bonds is 6. The standard InChI is InChI=1S/C9H11NO6/c1-5-6(2-3-7(11)12)9(10-16-5)15-4-8(13)14/h2-4H2,1H3,(H,11,12)(H,13,14). The lowest BCUT2D eigenvalue weighted by Crippen LogP contribution is -2.11. The fraction of sp³-hybridized carbons (Fsp3) is 0.444. The number of carboxylic acid groups (broad SMARTS) is 2. The van der Waals surface area contributed by atoms with Crippen molar-refractivity contribution < 1.29 is 29.1 Å². The van der Waals surface area contributed by atoms with Gasteiger partial charge in [-0.25, -0.2) is 4.79 Å². The van der Waals surface area contributed by atoms with E-state index in [0.717, 1.165) is 0 Å². The molecule has 1 aromatic heterocycles. The van der Waals surface area contributed by atoms with E-state index in [9.17, 15) is 9.59 Å². The molecule has 0 saturated heterocycles. The molecule has 16 heavy (non-hydrogen) atoms. The molecule has 0 aliphatic rings. The van der Waals surface area contributed by atoms with Crippen molar-refractivity contribution >= 4 is 11.9 Å². The summed E-state index contributed by atoms with van der Waals surface area (Å²) in [6.07, 6.45) is 0.102. The van der Waals surface area contributed by atoms with E-state index in [1.807, 2.05) is 0 Å². The van der Waals surface area contributed by atoms with Crippen molar-refractivity contribution in [2.45, 2.75) is 19.8 Å². The van der Waals surface area contributed by atoms with Crippen LogP contribution < -0.4 is 4.74 Å². The van der Waals surface area contributed by atoms with E-state index in [2.05, 4.69) is 5.16 Å². The molecule has 1 rings (SSSR count). The minimum atomic E-state index is -1.13. The zero-order chi connectivity index (χ0) is 12.1. The Morgan fingerprint density at radius 1 is 1.38 bits per heavy atom. The number of carboxylic acids is 2. The first-order chi connectivity index (χ1) is 7.50. The molecule has 7 nitrogen and oxygen atoms in total. The van der Waals surface area contributed by atoms with E-state index in [0.29, 0.717) is 11.3 Å². The van der Waals surface area contributed by atoms with Gasteiger partial charge in [-0.15, -0.1) is 0 Å². The van der Waals surface area contributed by atoms with E-state index < -0.39 is 18.5 Å². The fourth-order valence-electron chi connectivity index (χ4n) is 1.13. The summed E-state index contributed by atoms with van der Waals surface area (Å²) in [5.74, 6) is -1.61. The first-order valence-electron chi connectivity index (χ1n) is 4.52. The molecular formula is C9H11NO6. The van der Waals surface area contributed by atoms with E-state index >= 15 is 0 Å². The molecule has 7 heteroatoms. The molecule has 0 amide bonds. The number of nitrogens with zero attached hydrogens (tertiary/aromatic N) is 1. The summed E-state index contributed by atoms with van der Waals surface area (Å²) < 4.78 is 9.65. The number of ether oxygens (including phenoxy) is 1. The Labute approximate surface area is 90.6 Å². The second-order valence-electron chi connectivity index (χ2n) is 3.10. The van der Waals surface area contributed by atoms with Crippen LogP contribution in [0.3, 0.4) is 0 Å². The van der Waals surface area contributed by atoms with Crippen molar-refractivity contribution in [1.82, 2.24) is 5.16 Å². The highest BCUT2D eigenvalue weighted by molar-refractivity contribution is 5.68. The Bertz CT molecular complexity index is 397. The molecule has 1 aromatic rings. The van der Waals surface area contributed by atoms with Gasteiger partial charge in [0.1, 0.15) is 5.76 Å². The summed E-state index contributed by atoms with van der Waals surface area (Å²) in [6, 6.07) is 0. The van der Waals surface area contributed by atoms with Crippen LogP contribution in [0.1, 0.15) is 17.7 Å². The largest absolute Gasteiger partial charge is 0.481 e. The second-order valence-corrected chi connectivity index (χ2v) is 3.10. The van der Waals surface area contributed by atoms with E-state index in [1.165, 1.54) is 0 Å². The van der Waals surface area contributed by atoms with Gasteiger partial charge in [0, 0.05) is 6.42 Å². The molecular weight excluding hydrogens is 218 g/mol. The SMILES string of the molecule is Cc1onc(OCC(=O)O)c1CCC(=O)O. The molecule has 2 N–H and O–H groups in total. The highest BCUT2D eigenvalue weighted by Gasteiger charge is 2.16. The van der Waals surface area contributed by atoms with E-state index in [-0.39, 0.29) is 18.7 Å². The van der Waals surface area contributed by atoms with Gasteiger partial charge in [0.05, 0.1) is 5.56 Å². The van der Waals surface area contributed by atoms with Crippen LogP contribution in [0.4, 0.5) is 0 Å². The maximum absolute atomic E-state index is 10.4. The molecule has 0 unspecified atom stereocenters. The molecule has 0 bridgehead atoms. The summed E-state index contributed by atoms with van der Waals surface area (Å²) in [5, 5.41) is 20.5. The maximum atomic E-state index is 10.4. The number of hydrogen-bond acceptors (Lipinski definition) is 5. The van der Waals surface area contributed by atoms with Crippen molar-refractivity contribution in [3.05, 3.63) is 11.3 Å². The van der Waals surface area contributed by atoms with E-state index in [4.69, 9.17) is 19.5 Å². The summed E-state index contributed by atoms with van der Waals surface area (Å²) in [5.41, 5.74) is 0.489. The third-order valence-corrected chi connectivity index (χ3v) is 1.87. The lowest BCUT2D eigenvalue weighted by atomic mass is 10.1. The smallest absolute Gasteiger partial charge is 0.341 e. The van der Waals surface area contributed by atoms with Crippen LogP contribution in [0.15, 0.2) is 4.52 Å². The van der Waals surface area contributed by atoms with Gasteiger partial charge in [0.2, 0.25) is 0 Å². The third-order valence-electron chi connectivity index (χ3n) is 1.87. The van der Waals surface area contributed by atoms with Crippen molar-refractivity contribution in [2.24, 2.45) is 0 Å². The summed E-state index contributed by atoms with van der Waals surface area (Å²) >= 11 is 0. The molecule has 0 aliphatic carbocycles. The molecule has 1 heterocycles. The molecule has 0 spiro atoms. The summed E-state index contributed by atoms with van der Waals surface area (Å²) in [7, 11) is 0.